The monoisotopic (exact) mass is 359 g/mol. The molecule has 0 saturated heterocycles. The molecule has 0 atom stereocenters. The molecule has 0 radical (unpaired) electrons. The van der Waals surface area contributed by atoms with Crippen LogP contribution in [0.3, 0.4) is 0 Å². The topological polar surface area (TPSA) is 88.8 Å². The normalized spacial score (nSPS) is 11.5. The Hall–Kier alpha value is -2.57. The summed E-state index contributed by atoms with van der Waals surface area (Å²) in [5, 5.41) is 8.84. The quantitative estimate of drug-likeness (QED) is 0.535. The van der Waals surface area contributed by atoms with Gasteiger partial charge in [-0.1, -0.05) is 36.4 Å². The zero-order valence-corrected chi connectivity index (χ0v) is 14.1. The molecule has 7 heteroatoms. The van der Waals surface area contributed by atoms with Gasteiger partial charge >= 0.3 is 0 Å². The molecule has 5 nitrogen and oxygen atoms in total. The molecule has 0 saturated carbocycles. The van der Waals surface area contributed by atoms with E-state index in [4.69, 9.17) is 5.73 Å². The molecular weight excluding hydrogens is 346 g/mol. The number of nitrogens with one attached hydrogen (secondary N) is 1. The van der Waals surface area contributed by atoms with E-state index in [1.165, 1.54) is 0 Å². The van der Waals surface area contributed by atoms with Crippen LogP contribution in [0.5, 0.6) is 0 Å². The first-order valence-corrected chi connectivity index (χ1v) is 8.52. The average Bonchev–Trinajstić information content (AvgIpc) is 2.98. The van der Waals surface area contributed by atoms with Gasteiger partial charge in [0.1, 0.15) is 0 Å². The third-order valence-corrected chi connectivity index (χ3v) is 5.63. The van der Waals surface area contributed by atoms with Crippen molar-refractivity contribution in [1.29, 1.82) is 0 Å². The summed E-state index contributed by atoms with van der Waals surface area (Å²) in [5.74, 6) is 0. The lowest BCUT2D eigenvalue weighted by Gasteiger charge is -2.07. The molecule has 3 N–H and O–H groups in total. The summed E-state index contributed by atoms with van der Waals surface area (Å²) in [5.41, 5.74) is 6.85. The van der Waals surface area contributed by atoms with Gasteiger partial charge in [-0.15, -0.1) is 12.4 Å². The fourth-order valence-corrected chi connectivity index (χ4v) is 4.32. The number of aromatic nitrogens is 2. The third-order valence-electron chi connectivity index (χ3n) is 3.85. The van der Waals surface area contributed by atoms with E-state index >= 15 is 0 Å². The minimum absolute atomic E-state index is 0. The van der Waals surface area contributed by atoms with E-state index in [0.717, 1.165) is 5.39 Å². The van der Waals surface area contributed by atoms with Gasteiger partial charge in [-0.05, 0) is 29.7 Å². The number of benzene rings is 3. The van der Waals surface area contributed by atoms with E-state index in [-0.39, 0.29) is 22.3 Å². The predicted octanol–water partition coefficient (Wildman–Crippen LogP) is 3.55. The molecule has 3 aromatic carbocycles. The number of hydrogen-bond donors (Lipinski definition) is 2. The van der Waals surface area contributed by atoms with Crippen molar-refractivity contribution in [3.05, 3.63) is 60.7 Å². The van der Waals surface area contributed by atoms with Crippen LogP contribution < -0.4 is 5.73 Å². The summed E-state index contributed by atoms with van der Waals surface area (Å²) in [6, 6.07) is 17.6. The fourth-order valence-electron chi connectivity index (χ4n) is 2.75. The number of halogens is 1. The highest BCUT2D eigenvalue weighted by molar-refractivity contribution is 7.91. The number of H-pyrrole nitrogens is 1. The van der Waals surface area contributed by atoms with Gasteiger partial charge < -0.3 is 5.73 Å². The van der Waals surface area contributed by atoms with E-state index in [1.807, 2.05) is 24.3 Å². The number of aromatic amines is 1. The first-order chi connectivity index (χ1) is 11.1. The molecule has 24 heavy (non-hydrogen) atoms. The molecule has 0 amide bonds. The smallest absolute Gasteiger partial charge is 0.224 e. The Bertz CT molecular complexity index is 1150. The molecule has 0 aliphatic rings. The van der Waals surface area contributed by atoms with E-state index in [0.29, 0.717) is 22.0 Å². The SMILES string of the molecule is Cl.Nc1ccc2n[nH]c(S(=O)(=O)c3cccc4ccccc34)c2c1. The zero-order valence-electron chi connectivity index (χ0n) is 12.4. The highest BCUT2D eigenvalue weighted by Crippen LogP contribution is 2.31. The van der Waals surface area contributed by atoms with Crippen molar-refractivity contribution < 1.29 is 8.42 Å². The van der Waals surface area contributed by atoms with Crippen LogP contribution in [0.1, 0.15) is 0 Å². The van der Waals surface area contributed by atoms with Gasteiger partial charge in [-0.3, -0.25) is 5.10 Å². The minimum Gasteiger partial charge on any atom is -0.399 e. The molecule has 0 aliphatic carbocycles. The highest BCUT2D eigenvalue weighted by atomic mass is 35.5. The minimum atomic E-state index is -3.74. The Morgan fingerprint density at radius 2 is 1.67 bits per heavy atom. The maximum atomic E-state index is 13.1. The van der Waals surface area contributed by atoms with Crippen LogP contribution in [0.25, 0.3) is 21.7 Å². The molecule has 1 heterocycles. The van der Waals surface area contributed by atoms with Gasteiger partial charge in [0.05, 0.1) is 10.4 Å². The Morgan fingerprint density at radius 1 is 0.917 bits per heavy atom. The molecule has 0 bridgehead atoms. The summed E-state index contributed by atoms with van der Waals surface area (Å²) in [6.45, 7) is 0. The van der Waals surface area contributed by atoms with E-state index < -0.39 is 9.84 Å². The van der Waals surface area contributed by atoms with Crippen molar-refractivity contribution in [3.8, 4) is 0 Å². The zero-order chi connectivity index (χ0) is 16.0. The number of sulfone groups is 1. The van der Waals surface area contributed by atoms with Crippen LogP contribution in [-0.2, 0) is 9.84 Å². The Labute approximate surface area is 144 Å². The first kappa shape index (κ1) is 16.3. The van der Waals surface area contributed by atoms with Gasteiger partial charge in [0.15, 0.2) is 5.03 Å². The number of fused-ring (bicyclic) bond motifs is 2. The van der Waals surface area contributed by atoms with Gasteiger partial charge in [0.25, 0.3) is 0 Å². The lowest BCUT2D eigenvalue weighted by atomic mass is 10.1. The molecule has 1 aromatic heterocycles. The molecule has 0 unspecified atom stereocenters. The van der Waals surface area contributed by atoms with E-state index in [1.54, 1.807) is 36.4 Å². The number of hydrogen-bond acceptors (Lipinski definition) is 4. The summed E-state index contributed by atoms with van der Waals surface area (Å²) in [4.78, 5) is 0.253. The maximum Gasteiger partial charge on any atom is 0.224 e. The summed E-state index contributed by atoms with van der Waals surface area (Å²) < 4.78 is 26.2. The van der Waals surface area contributed by atoms with Crippen LogP contribution in [-0.4, -0.2) is 18.6 Å². The van der Waals surface area contributed by atoms with Crippen LogP contribution in [0.2, 0.25) is 0 Å². The predicted molar refractivity (Wildman–Crippen MR) is 97.2 cm³/mol. The van der Waals surface area contributed by atoms with Crippen molar-refractivity contribution >= 4 is 49.6 Å². The van der Waals surface area contributed by atoms with Crippen LogP contribution >= 0.6 is 12.4 Å². The highest BCUT2D eigenvalue weighted by Gasteiger charge is 2.24. The lowest BCUT2D eigenvalue weighted by Crippen LogP contribution is -2.04. The van der Waals surface area contributed by atoms with Crippen molar-refractivity contribution in [2.24, 2.45) is 0 Å². The Balaban J connectivity index is 0.00000169. The Kier molecular flexibility index (Phi) is 3.95. The van der Waals surface area contributed by atoms with Crippen LogP contribution in [0.15, 0.2) is 70.6 Å². The summed E-state index contributed by atoms with van der Waals surface area (Å²) >= 11 is 0. The number of nitrogens with two attached hydrogens (primary N) is 1. The molecule has 0 aliphatic heterocycles. The summed E-state index contributed by atoms with van der Waals surface area (Å²) in [6.07, 6.45) is 0. The van der Waals surface area contributed by atoms with Crippen LogP contribution in [0, 0.1) is 0 Å². The third kappa shape index (κ3) is 2.40. The second kappa shape index (κ2) is 5.81. The van der Waals surface area contributed by atoms with Gasteiger partial charge in [0, 0.05) is 16.5 Å². The van der Waals surface area contributed by atoms with Crippen LogP contribution in [0.4, 0.5) is 5.69 Å². The molecule has 0 fully saturated rings. The molecular formula is C17H14ClN3O2S. The lowest BCUT2D eigenvalue weighted by molar-refractivity contribution is 0.593. The van der Waals surface area contributed by atoms with E-state index in [9.17, 15) is 8.42 Å². The van der Waals surface area contributed by atoms with Crippen molar-refractivity contribution in [3.63, 3.8) is 0 Å². The van der Waals surface area contributed by atoms with Gasteiger partial charge in [-0.2, -0.15) is 5.10 Å². The number of nitrogen functional groups attached to an aromatic ring is 1. The largest absolute Gasteiger partial charge is 0.399 e. The van der Waals surface area contributed by atoms with Crippen molar-refractivity contribution in [2.45, 2.75) is 9.92 Å². The molecule has 0 spiro atoms. The number of rotatable bonds is 2. The fraction of sp³-hybridized carbons (Fsp3) is 0. The average molecular weight is 360 g/mol. The second-order valence-electron chi connectivity index (χ2n) is 5.31. The van der Waals surface area contributed by atoms with Gasteiger partial charge in [0.2, 0.25) is 9.84 Å². The Morgan fingerprint density at radius 3 is 2.50 bits per heavy atom. The first-order valence-electron chi connectivity index (χ1n) is 7.04. The molecule has 4 rings (SSSR count). The summed E-state index contributed by atoms with van der Waals surface area (Å²) in [7, 11) is -3.74. The molecule has 4 aromatic rings. The number of anilines is 1. The number of nitrogens with zero attached hydrogens (tertiary/aromatic N) is 1. The van der Waals surface area contributed by atoms with Crippen molar-refractivity contribution in [2.75, 3.05) is 5.73 Å². The standard InChI is InChI=1S/C17H13N3O2S.ClH/c18-12-8-9-15-14(10-12)17(20-19-15)23(21,22)16-7-3-5-11-4-1-2-6-13(11)16;/h1-10H,18H2,(H,19,20);1H. The van der Waals surface area contributed by atoms with Crippen molar-refractivity contribution in [1.82, 2.24) is 10.2 Å². The van der Waals surface area contributed by atoms with Gasteiger partial charge in [-0.25, -0.2) is 8.42 Å². The second-order valence-corrected chi connectivity index (χ2v) is 7.16. The molecule has 122 valence electrons. The van der Waals surface area contributed by atoms with E-state index in [2.05, 4.69) is 10.2 Å². The maximum absolute atomic E-state index is 13.1.